The minimum absolute atomic E-state index is 0.0833. The van der Waals surface area contributed by atoms with E-state index >= 15 is 0 Å². The van der Waals surface area contributed by atoms with Crippen molar-refractivity contribution in [3.63, 3.8) is 0 Å². The van der Waals surface area contributed by atoms with Crippen molar-refractivity contribution in [3.05, 3.63) is 83.0 Å². The third-order valence-corrected chi connectivity index (χ3v) is 11.3. The average Bonchev–Trinajstić information content (AvgIpc) is 3.78. The number of benzene rings is 2. The molecule has 0 saturated carbocycles. The average molecular weight is 727 g/mol. The third-order valence-electron chi connectivity index (χ3n) is 8.97. The molecule has 2 aromatic heterocycles. The lowest BCUT2D eigenvalue weighted by Crippen LogP contribution is -2.50. The van der Waals surface area contributed by atoms with Gasteiger partial charge in [0.1, 0.15) is 17.9 Å². The van der Waals surface area contributed by atoms with Crippen molar-refractivity contribution in [3.8, 4) is 11.1 Å². The first-order valence-corrected chi connectivity index (χ1v) is 18.2. The first-order valence-electron chi connectivity index (χ1n) is 16.0. The second-order valence-electron chi connectivity index (χ2n) is 13.1. The largest absolute Gasteiger partial charge is 0.394 e. The van der Waals surface area contributed by atoms with E-state index in [-0.39, 0.29) is 36.5 Å². The number of aliphatic hydroxyl groups excluding tert-OH is 1. The predicted molar refractivity (Wildman–Crippen MR) is 186 cm³/mol. The van der Waals surface area contributed by atoms with Gasteiger partial charge in [-0.25, -0.2) is 28.3 Å². The van der Waals surface area contributed by atoms with Crippen molar-refractivity contribution in [2.24, 2.45) is 5.92 Å². The van der Waals surface area contributed by atoms with Crippen molar-refractivity contribution in [1.29, 1.82) is 0 Å². The lowest BCUT2D eigenvalue weighted by molar-refractivity contribution is -0.125. The summed E-state index contributed by atoms with van der Waals surface area (Å²) in [6.07, 6.45) is 7.53. The Bertz CT molecular complexity index is 1950. The van der Waals surface area contributed by atoms with E-state index in [1.165, 1.54) is 32.4 Å². The number of halogens is 2. The second kappa shape index (κ2) is 13.8. The third kappa shape index (κ3) is 6.70. The molecule has 49 heavy (non-hydrogen) atoms. The number of sulfonamides is 1. The van der Waals surface area contributed by atoms with Crippen molar-refractivity contribution in [1.82, 2.24) is 29.1 Å². The Morgan fingerprint density at radius 2 is 1.73 bits per heavy atom. The number of anilines is 2. The molecular weight excluding hydrogens is 689 g/mol. The summed E-state index contributed by atoms with van der Waals surface area (Å²) in [5.74, 6) is -0.604. The quantitative estimate of drug-likeness (QED) is 0.220. The van der Waals surface area contributed by atoms with Crippen LogP contribution in [0.4, 0.5) is 11.6 Å². The summed E-state index contributed by atoms with van der Waals surface area (Å²) in [5.41, 5.74) is 1.34. The summed E-state index contributed by atoms with van der Waals surface area (Å²) in [4.78, 5) is 42.0. The SMILES string of the molecule is CC(C)CC(CO)NC(=O)C1CCCN1S(=O)(=O)c1cnc2n1C(C)(Cc1ccc(-c3cncnc3)cc1)C(=O)N2c1cc(Cl)cc(Cl)c1. The highest BCUT2D eigenvalue weighted by Crippen LogP contribution is 2.45. The molecule has 0 radical (unpaired) electrons. The summed E-state index contributed by atoms with van der Waals surface area (Å²) in [7, 11) is -4.37. The van der Waals surface area contributed by atoms with E-state index in [9.17, 15) is 23.1 Å². The predicted octanol–water partition coefficient (Wildman–Crippen LogP) is 4.96. The summed E-state index contributed by atoms with van der Waals surface area (Å²) in [6, 6.07) is 10.7. The van der Waals surface area contributed by atoms with E-state index in [4.69, 9.17) is 23.2 Å². The minimum atomic E-state index is -4.37. The Hall–Kier alpha value is -3.88. The molecule has 3 atom stereocenters. The highest BCUT2D eigenvalue weighted by molar-refractivity contribution is 7.89. The lowest BCUT2D eigenvalue weighted by atomic mass is 9.91. The molecule has 2 aromatic carbocycles. The zero-order valence-electron chi connectivity index (χ0n) is 27.3. The van der Waals surface area contributed by atoms with Gasteiger partial charge in [0.2, 0.25) is 11.9 Å². The minimum Gasteiger partial charge on any atom is -0.394 e. The zero-order chi connectivity index (χ0) is 35.1. The van der Waals surface area contributed by atoms with Gasteiger partial charge in [-0.15, -0.1) is 0 Å². The highest BCUT2D eigenvalue weighted by Gasteiger charge is 2.53. The topological polar surface area (TPSA) is 151 Å². The molecule has 0 aliphatic carbocycles. The van der Waals surface area contributed by atoms with E-state index in [1.807, 2.05) is 38.1 Å². The summed E-state index contributed by atoms with van der Waals surface area (Å²) in [6.45, 7) is 5.48. The number of aliphatic hydroxyl groups is 1. The molecule has 2 aliphatic heterocycles. The number of hydrogen-bond donors (Lipinski definition) is 2. The van der Waals surface area contributed by atoms with Gasteiger partial charge in [0.15, 0.2) is 5.03 Å². The first-order chi connectivity index (χ1) is 23.3. The van der Waals surface area contributed by atoms with Gasteiger partial charge >= 0.3 is 0 Å². The molecule has 0 spiro atoms. The number of carbonyl (C=O) groups is 2. The maximum absolute atomic E-state index is 14.6. The van der Waals surface area contributed by atoms with Crippen LogP contribution < -0.4 is 10.2 Å². The van der Waals surface area contributed by atoms with Crippen LogP contribution in [0.15, 0.2) is 72.4 Å². The van der Waals surface area contributed by atoms with Crippen molar-refractivity contribution in [2.45, 2.75) is 69.1 Å². The molecule has 4 heterocycles. The highest BCUT2D eigenvalue weighted by atomic mass is 35.5. The molecular formula is C34H37Cl2N7O5S. The Morgan fingerprint density at radius 1 is 1.06 bits per heavy atom. The molecule has 1 fully saturated rings. The van der Waals surface area contributed by atoms with Crippen LogP contribution in [0.25, 0.3) is 11.1 Å². The first kappa shape index (κ1) is 35.0. The Balaban J connectivity index is 1.40. The Morgan fingerprint density at radius 3 is 2.37 bits per heavy atom. The van der Waals surface area contributed by atoms with Crippen LogP contribution in [0.3, 0.4) is 0 Å². The van der Waals surface area contributed by atoms with E-state index in [0.717, 1.165) is 16.7 Å². The Kier molecular flexibility index (Phi) is 9.84. The van der Waals surface area contributed by atoms with Gasteiger partial charge in [-0.3, -0.25) is 14.2 Å². The molecule has 2 aliphatic rings. The van der Waals surface area contributed by atoms with Crippen LogP contribution in [0, 0.1) is 5.92 Å². The number of nitrogens with one attached hydrogen (secondary N) is 1. The number of hydrogen-bond acceptors (Lipinski definition) is 8. The normalized spacial score (nSPS) is 20.2. The maximum Gasteiger partial charge on any atom is 0.261 e. The standard InChI is InChI=1S/C34H37Cl2N7O5S/c1-21(2)11-27(19-44)40-31(45)29-5-4-10-41(29)49(47,48)30-18-39-33-42(28-13-25(35)12-26(36)14-28)32(46)34(3,43(30)33)15-22-6-8-23(9-7-22)24-16-37-20-38-17-24/h6-9,12-14,16-18,20-21,27,29,44H,4-5,10-11,15,19H2,1-3H3,(H,40,45). The number of amides is 2. The van der Waals surface area contributed by atoms with Crippen LogP contribution in [0.2, 0.25) is 10.0 Å². The second-order valence-corrected chi connectivity index (χ2v) is 15.8. The van der Waals surface area contributed by atoms with Gasteiger partial charge in [-0.1, -0.05) is 61.3 Å². The van der Waals surface area contributed by atoms with Gasteiger partial charge in [-0.05, 0) is 61.4 Å². The molecule has 2 N–H and O–H groups in total. The van der Waals surface area contributed by atoms with Gasteiger partial charge < -0.3 is 10.4 Å². The van der Waals surface area contributed by atoms with E-state index in [1.54, 1.807) is 31.5 Å². The summed E-state index contributed by atoms with van der Waals surface area (Å²) < 4.78 is 31.7. The summed E-state index contributed by atoms with van der Waals surface area (Å²) in [5, 5.41) is 13.1. The van der Waals surface area contributed by atoms with E-state index in [0.29, 0.717) is 35.0 Å². The van der Waals surface area contributed by atoms with Gasteiger partial charge in [0.25, 0.3) is 15.9 Å². The van der Waals surface area contributed by atoms with Crippen molar-refractivity contribution >= 4 is 56.7 Å². The molecule has 2 amide bonds. The maximum atomic E-state index is 14.6. The molecule has 1 saturated heterocycles. The number of aromatic nitrogens is 4. The molecule has 4 aromatic rings. The molecule has 6 rings (SSSR count). The number of imidazole rings is 1. The number of fused-ring (bicyclic) bond motifs is 1. The van der Waals surface area contributed by atoms with Crippen LogP contribution in [0.5, 0.6) is 0 Å². The van der Waals surface area contributed by atoms with Crippen LogP contribution in [-0.4, -0.2) is 74.4 Å². The molecule has 3 unspecified atom stereocenters. The van der Waals surface area contributed by atoms with Crippen LogP contribution in [0.1, 0.15) is 45.6 Å². The van der Waals surface area contributed by atoms with Gasteiger partial charge in [0.05, 0.1) is 24.5 Å². The van der Waals surface area contributed by atoms with Crippen molar-refractivity contribution < 1.29 is 23.1 Å². The van der Waals surface area contributed by atoms with Crippen LogP contribution >= 0.6 is 23.2 Å². The van der Waals surface area contributed by atoms with Crippen LogP contribution in [-0.2, 0) is 31.6 Å². The zero-order valence-corrected chi connectivity index (χ0v) is 29.6. The molecule has 258 valence electrons. The van der Waals surface area contributed by atoms with Gasteiger partial charge in [-0.2, -0.15) is 4.31 Å². The number of rotatable bonds is 11. The number of carbonyl (C=O) groups excluding carboxylic acids is 2. The monoisotopic (exact) mass is 725 g/mol. The smallest absolute Gasteiger partial charge is 0.261 e. The number of nitrogens with zero attached hydrogens (tertiary/aromatic N) is 6. The fourth-order valence-electron chi connectivity index (χ4n) is 6.73. The molecule has 12 nitrogen and oxygen atoms in total. The Labute approximate surface area is 295 Å². The van der Waals surface area contributed by atoms with E-state index in [2.05, 4.69) is 20.3 Å². The summed E-state index contributed by atoms with van der Waals surface area (Å²) >= 11 is 12.7. The molecule has 0 bridgehead atoms. The van der Waals surface area contributed by atoms with Crippen molar-refractivity contribution in [2.75, 3.05) is 18.1 Å². The molecule has 15 heteroatoms. The lowest BCUT2D eigenvalue weighted by Gasteiger charge is -2.29. The fraction of sp³-hybridized carbons (Fsp3) is 0.382. The van der Waals surface area contributed by atoms with E-state index < -0.39 is 39.5 Å². The fourth-order valence-corrected chi connectivity index (χ4v) is 9.09. The van der Waals surface area contributed by atoms with Gasteiger partial charge in [0, 0.05) is 41.0 Å².